The molecular formula is C24H19F7N4O5. The first-order valence-corrected chi connectivity index (χ1v) is 11.5. The van der Waals surface area contributed by atoms with Gasteiger partial charge in [-0.3, -0.25) is 18.5 Å². The van der Waals surface area contributed by atoms with Crippen molar-refractivity contribution in [2.24, 2.45) is 0 Å². The molecule has 0 fully saturated rings. The van der Waals surface area contributed by atoms with Crippen LogP contribution in [0.3, 0.4) is 0 Å². The molecule has 0 aliphatic carbocycles. The van der Waals surface area contributed by atoms with Gasteiger partial charge in [-0.1, -0.05) is 18.2 Å². The van der Waals surface area contributed by atoms with E-state index in [0.717, 1.165) is 34.9 Å². The van der Waals surface area contributed by atoms with Crippen LogP contribution in [0.5, 0.6) is 17.5 Å². The molecule has 0 aliphatic rings. The second-order valence-corrected chi connectivity index (χ2v) is 8.42. The van der Waals surface area contributed by atoms with Crippen molar-refractivity contribution in [1.82, 2.24) is 18.7 Å². The quantitative estimate of drug-likeness (QED) is 0.300. The SMILES string of the molecule is O=c1c2c(nc(Oc3cccc(OC(F)(F)F)c3)n2Cc2ccc(F)cc2)n(CC(F)(F)F)c(=O)n1CCCO. The van der Waals surface area contributed by atoms with Gasteiger partial charge in [-0.05, 0) is 36.2 Å². The van der Waals surface area contributed by atoms with Crippen molar-refractivity contribution < 1.29 is 45.3 Å². The Bertz CT molecular complexity index is 1620. The Balaban J connectivity index is 1.95. The Morgan fingerprint density at radius 1 is 0.900 bits per heavy atom. The molecule has 2 heterocycles. The Morgan fingerprint density at radius 3 is 2.20 bits per heavy atom. The van der Waals surface area contributed by atoms with Crippen LogP contribution in [0.4, 0.5) is 30.7 Å². The average molecular weight is 576 g/mol. The summed E-state index contributed by atoms with van der Waals surface area (Å²) in [6.07, 6.45) is -10.1. The molecule has 0 aliphatic heterocycles. The highest BCUT2D eigenvalue weighted by atomic mass is 19.4. The third-order valence-electron chi connectivity index (χ3n) is 5.46. The molecule has 9 nitrogen and oxygen atoms in total. The molecule has 0 saturated carbocycles. The summed E-state index contributed by atoms with van der Waals surface area (Å²) in [7, 11) is 0. The Kier molecular flexibility index (Phi) is 7.91. The van der Waals surface area contributed by atoms with Crippen molar-refractivity contribution >= 4 is 11.2 Å². The van der Waals surface area contributed by atoms with Gasteiger partial charge in [0.2, 0.25) is 0 Å². The molecule has 16 heteroatoms. The first kappa shape index (κ1) is 28.7. The monoisotopic (exact) mass is 576 g/mol. The van der Waals surface area contributed by atoms with E-state index in [1.807, 2.05) is 0 Å². The number of ether oxygens (including phenoxy) is 2. The number of halogens is 7. The van der Waals surface area contributed by atoms with E-state index in [1.165, 1.54) is 18.2 Å². The molecule has 0 unspecified atom stereocenters. The predicted octanol–water partition coefficient (Wildman–Crippen LogP) is 4.18. The number of fused-ring (bicyclic) bond motifs is 1. The van der Waals surface area contributed by atoms with E-state index in [9.17, 15) is 40.3 Å². The summed E-state index contributed by atoms with van der Waals surface area (Å²) < 4.78 is 103. The van der Waals surface area contributed by atoms with Crippen LogP contribution in [0.2, 0.25) is 0 Å². The maximum Gasteiger partial charge on any atom is 0.573 e. The van der Waals surface area contributed by atoms with Gasteiger partial charge in [-0.15, -0.1) is 13.2 Å². The van der Waals surface area contributed by atoms with Gasteiger partial charge >= 0.3 is 24.2 Å². The van der Waals surface area contributed by atoms with Gasteiger partial charge in [0, 0.05) is 19.2 Å². The minimum atomic E-state index is -5.03. The molecule has 0 saturated heterocycles. The molecular weight excluding hydrogens is 557 g/mol. The third-order valence-corrected chi connectivity index (χ3v) is 5.46. The second-order valence-electron chi connectivity index (χ2n) is 8.42. The van der Waals surface area contributed by atoms with Crippen molar-refractivity contribution in [3.8, 4) is 17.5 Å². The van der Waals surface area contributed by atoms with Crippen LogP contribution in [0.15, 0.2) is 58.1 Å². The van der Waals surface area contributed by atoms with Crippen LogP contribution in [0, 0.1) is 5.82 Å². The molecule has 4 aromatic rings. The highest BCUT2D eigenvalue weighted by Crippen LogP contribution is 2.31. The number of hydrogen-bond donors (Lipinski definition) is 1. The van der Waals surface area contributed by atoms with Crippen LogP contribution in [-0.4, -0.2) is 42.9 Å². The molecule has 2 aromatic carbocycles. The minimum Gasteiger partial charge on any atom is -0.425 e. The molecule has 0 atom stereocenters. The second kappa shape index (κ2) is 11.0. The van der Waals surface area contributed by atoms with E-state index >= 15 is 0 Å². The highest BCUT2D eigenvalue weighted by Gasteiger charge is 2.33. The topological polar surface area (TPSA) is 101 Å². The Labute approximate surface area is 219 Å². The Morgan fingerprint density at radius 2 is 1.57 bits per heavy atom. The summed E-state index contributed by atoms with van der Waals surface area (Å²) in [5.74, 6) is -1.56. The van der Waals surface area contributed by atoms with Gasteiger partial charge in [-0.2, -0.15) is 18.2 Å². The summed E-state index contributed by atoms with van der Waals surface area (Å²) in [4.78, 5) is 30.3. The van der Waals surface area contributed by atoms with E-state index in [2.05, 4.69) is 9.72 Å². The van der Waals surface area contributed by atoms with Crippen molar-refractivity contribution in [3.63, 3.8) is 0 Å². The maximum absolute atomic E-state index is 13.5. The smallest absolute Gasteiger partial charge is 0.425 e. The largest absolute Gasteiger partial charge is 0.573 e. The van der Waals surface area contributed by atoms with Gasteiger partial charge in [0.05, 0.1) is 6.54 Å². The number of hydrogen-bond acceptors (Lipinski definition) is 6. The lowest BCUT2D eigenvalue weighted by Crippen LogP contribution is -2.42. The first-order valence-electron chi connectivity index (χ1n) is 11.5. The highest BCUT2D eigenvalue weighted by molar-refractivity contribution is 5.72. The van der Waals surface area contributed by atoms with E-state index in [1.54, 1.807) is 0 Å². The van der Waals surface area contributed by atoms with Crippen LogP contribution in [-0.2, 0) is 19.6 Å². The van der Waals surface area contributed by atoms with Crippen LogP contribution in [0.1, 0.15) is 12.0 Å². The molecule has 0 amide bonds. The number of aliphatic hydroxyl groups excluding tert-OH is 1. The van der Waals surface area contributed by atoms with Crippen molar-refractivity contribution in [1.29, 1.82) is 0 Å². The number of imidazole rings is 1. The van der Waals surface area contributed by atoms with Crippen molar-refractivity contribution in [2.75, 3.05) is 6.61 Å². The maximum atomic E-state index is 13.5. The van der Waals surface area contributed by atoms with E-state index in [-0.39, 0.29) is 23.3 Å². The average Bonchev–Trinajstić information content (AvgIpc) is 3.19. The van der Waals surface area contributed by atoms with Gasteiger partial charge < -0.3 is 14.6 Å². The Hall–Kier alpha value is -4.34. The molecule has 0 radical (unpaired) electrons. The fourth-order valence-corrected chi connectivity index (χ4v) is 3.86. The van der Waals surface area contributed by atoms with E-state index < -0.39 is 72.2 Å². The number of nitrogens with zero attached hydrogens (tertiary/aromatic N) is 4. The van der Waals surface area contributed by atoms with Gasteiger partial charge in [0.25, 0.3) is 5.56 Å². The summed E-state index contributed by atoms with van der Waals surface area (Å²) in [6, 6.07) is 8.42. The zero-order valence-corrected chi connectivity index (χ0v) is 20.2. The lowest BCUT2D eigenvalue weighted by molar-refractivity contribution is -0.274. The normalized spacial score (nSPS) is 12.2. The molecule has 0 spiro atoms. The third kappa shape index (κ3) is 6.62. The zero-order valence-electron chi connectivity index (χ0n) is 20.2. The lowest BCUT2D eigenvalue weighted by Gasteiger charge is -2.14. The summed E-state index contributed by atoms with van der Waals surface area (Å²) in [5, 5.41) is 9.16. The predicted molar refractivity (Wildman–Crippen MR) is 125 cm³/mol. The zero-order chi connectivity index (χ0) is 29.2. The van der Waals surface area contributed by atoms with Gasteiger partial charge in [-0.25, -0.2) is 9.18 Å². The van der Waals surface area contributed by atoms with E-state index in [4.69, 9.17) is 9.84 Å². The number of aliphatic hydroxyl groups is 1. The van der Waals surface area contributed by atoms with E-state index in [0.29, 0.717) is 10.1 Å². The number of rotatable bonds is 9. The van der Waals surface area contributed by atoms with Gasteiger partial charge in [0.15, 0.2) is 11.2 Å². The molecule has 4 rings (SSSR count). The van der Waals surface area contributed by atoms with Crippen molar-refractivity contribution in [2.45, 2.75) is 38.6 Å². The summed E-state index contributed by atoms with van der Waals surface area (Å²) >= 11 is 0. The summed E-state index contributed by atoms with van der Waals surface area (Å²) in [6.45, 7) is -3.03. The fraction of sp³-hybridized carbons (Fsp3) is 0.292. The standard InChI is InChI=1S/C24H19F7N4O5/c25-15-7-5-14(6-8-15)12-34-18-19(32-21(34)39-16-3-1-4-17(11-16)40-24(29,30)31)35(13-23(26,27)28)22(38)33(20(18)37)9-2-10-36/h1,3-8,11,36H,2,9-10,12-13H2. The number of aromatic nitrogens is 4. The van der Waals surface area contributed by atoms with Crippen LogP contribution < -0.4 is 20.7 Å². The van der Waals surface area contributed by atoms with Crippen molar-refractivity contribution in [3.05, 3.63) is 80.7 Å². The molecule has 40 heavy (non-hydrogen) atoms. The number of alkyl halides is 6. The minimum absolute atomic E-state index is 0.131. The summed E-state index contributed by atoms with van der Waals surface area (Å²) in [5.41, 5.74) is -3.25. The fourth-order valence-electron chi connectivity index (χ4n) is 3.86. The first-order chi connectivity index (χ1) is 18.8. The molecule has 0 bridgehead atoms. The van der Waals surface area contributed by atoms with Crippen LogP contribution >= 0.6 is 0 Å². The van der Waals surface area contributed by atoms with Crippen LogP contribution in [0.25, 0.3) is 11.2 Å². The molecule has 1 N–H and O–H groups in total. The molecule has 2 aromatic heterocycles. The van der Waals surface area contributed by atoms with Gasteiger partial charge in [0.1, 0.15) is 23.9 Å². The lowest BCUT2D eigenvalue weighted by atomic mass is 10.2. The molecule has 214 valence electrons. The number of benzene rings is 2.